The molecule has 1 atom stereocenters. The lowest BCUT2D eigenvalue weighted by Crippen LogP contribution is -2.44. The van der Waals surface area contributed by atoms with Crippen LogP contribution in [-0.4, -0.2) is 137 Å². The molecule has 0 saturated carbocycles. The van der Waals surface area contributed by atoms with Gasteiger partial charge in [0, 0.05) is 58.2 Å². The minimum absolute atomic E-state index is 0. The van der Waals surface area contributed by atoms with Crippen molar-refractivity contribution in [3.05, 3.63) is 12.3 Å². The molecule has 0 radical (unpaired) electrons. The van der Waals surface area contributed by atoms with E-state index in [1.165, 1.54) is 11.7 Å². The predicted octanol–water partition coefficient (Wildman–Crippen LogP) is 4.03. The van der Waals surface area contributed by atoms with E-state index in [4.69, 9.17) is 28.8 Å². The topological polar surface area (TPSA) is 157 Å². The molecule has 17 heteroatoms. The van der Waals surface area contributed by atoms with Crippen LogP contribution in [0.4, 0.5) is 11.6 Å². The van der Waals surface area contributed by atoms with E-state index in [2.05, 4.69) is 71.9 Å². The van der Waals surface area contributed by atoms with Crippen LogP contribution in [0.2, 0.25) is 0 Å². The Morgan fingerprint density at radius 2 is 1.47 bits per heavy atom. The molecule has 15 nitrogen and oxygen atoms in total. The van der Waals surface area contributed by atoms with Gasteiger partial charge >= 0.3 is 5.97 Å². The van der Waals surface area contributed by atoms with E-state index in [1.54, 1.807) is 0 Å². The van der Waals surface area contributed by atoms with Crippen molar-refractivity contribution >= 4 is 41.1 Å². The Hall–Kier alpha value is -2.83. The maximum atomic E-state index is 12.1. The zero-order valence-corrected chi connectivity index (χ0v) is 31.9. The highest BCUT2D eigenvalue weighted by Gasteiger charge is 2.24. The van der Waals surface area contributed by atoms with Crippen LogP contribution < -0.4 is 24.6 Å². The molecule has 0 spiro atoms. The largest absolute Gasteiger partial charge is 0.513 e. The van der Waals surface area contributed by atoms with Crippen molar-refractivity contribution in [2.45, 2.75) is 78.0 Å². The number of nitrogens with zero attached hydrogens (tertiary/aromatic N) is 7. The molecule has 2 aliphatic rings. The quantitative estimate of drug-likeness (QED) is 0.145. The van der Waals surface area contributed by atoms with Crippen molar-refractivity contribution < 1.29 is 35.0 Å². The van der Waals surface area contributed by atoms with Crippen LogP contribution in [-0.2, 0) is 19.0 Å². The van der Waals surface area contributed by atoms with E-state index in [0.717, 1.165) is 69.9 Å². The third kappa shape index (κ3) is 15.3. The van der Waals surface area contributed by atoms with Gasteiger partial charge in [-0.3, -0.25) is 4.79 Å². The SMILES string of the molecule is C=C(O)CCC(=O)O[C@@H](CNC(C)(C)C)COc1nsnc1N1CCOCC1.CN(CCCOc1nsnc1N1CCOCC1)C(C)(C)C.[HH]. The smallest absolute Gasteiger partial charge is 0.306 e. The molecule has 0 bridgehead atoms. The summed E-state index contributed by atoms with van der Waals surface area (Å²) in [7, 11) is 2.14. The van der Waals surface area contributed by atoms with Crippen molar-refractivity contribution in [1.82, 2.24) is 27.7 Å². The molecule has 0 amide bonds. The Morgan fingerprint density at radius 3 is 1.96 bits per heavy atom. The van der Waals surface area contributed by atoms with Gasteiger partial charge in [-0.2, -0.15) is 8.75 Å². The zero-order valence-electron chi connectivity index (χ0n) is 30.2. The lowest BCUT2D eigenvalue weighted by Gasteiger charge is -2.31. The molecule has 0 aliphatic carbocycles. The fraction of sp³-hybridized carbons (Fsp3) is 0.781. The van der Waals surface area contributed by atoms with Gasteiger partial charge in [-0.15, -0.1) is 8.75 Å². The van der Waals surface area contributed by atoms with E-state index >= 15 is 0 Å². The Bertz CT molecular complexity index is 1260. The van der Waals surface area contributed by atoms with Gasteiger partial charge in [-0.1, -0.05) is 6.58 Å². The first-order chi connectivity index (χ1) is 23.2. The number of carbonyl (C=O) groups excluding carboxylic acids is 1. The number of hydrogen-bond donors (Lipinski definition) is 2. The third-order valence-electron chi connectivity index (χ3n) is 7.71. The lowest BCUT2D eigenvalue weighted by atomic mass is 10.1. The number of hydrogen-bond acceptors (Lipinski definition) is 17. The van der Waals surface area contributed by atoms with E-state index in [0.29, 0.717) is 43.9 Å². The molecule has 280 valence electrons. The maximum absolute atomic E-state index is 12.1. The number of allylic oxidation sites excluding steroid dienone is 1. The normalized spacial score (nSPS) is 16.2. The minimum Gasteiger partial charge on any atom is -0.513 e. The Morgan fingerprint density at radius 1 is 0.939 bits per heavy atom. The fourth-order valence-corrected chi connectivity index (χ4v) is 5.53. The molecular weight excluding hydrogens is 673 g/mol. The summed E-state index contributed by atoms with van der Waals surface area (Å²) in [6, 6.07) is 0. The lowest BCUT2D eigenvalue weighted by molar-refractivity contribution is -0.150. The highest BCUT2D eigenvalue weighted by molar-refractivity contribution is 6.99. The molecule has 4 rings (SSSR count). The summed E-state index contributed by atoms with van der Waals surface area (Å²) in [5, 5.41) is 12.5. The molecule has 2 fully saturated rings. The second-order valence-electron chi connectivity index (χ2n) is 13.9. The van der Waals surface area contributed by atoms with E-state index in [1.807, 2.05) is 20.8 Å². The highest BCUT2D eigenvalue weighted by atomic mass is 32.1. The molecule has 2 saturated heterocycles. The Labute approximate surface area is 301 Å². The van der Waals surface area contributed by atoms with Crippen LogP contribution in [0, 0.1) is 0 Å². The van der Waals surface area contributed by atoms with Crippen LogP contribution >= 0.6 is 23.5 Å². The number of aliphatic hydroxyl groups excluding tert-OH is 1. The molecule has 2 aromatic heterocycles. The second kappa shape index (κ2) is 20.1. The van der Waals surface area contributed by atoms with Gasteiger partial charge in [0.05, 0.1) is 68.7 Å². The molecule has 2 N–H and O–H groups in total. The standard InChI is InChI=1S/C18H30N4O5S.C14H26N4O2S.H2/c1-13(23)5-6-15(24)27-14(11-19-18(2,3)4)12-26-17-16(20-28-21-17)22-7-9-25-10-8-22;1-14(2,3)17(4)6-5-9-20-13-12(15-21-16-13)18-7-10-19-11-8-18;/h14,19,23H,1,5-12H2,2-4H3;5-11H2,1-4H3;1H/t14-;;/m0../s1. The first kappa shape index (κ1) is 40.6. The number of esters is 1. The van der Waals surface area contributed by atoms with Gasteiger partial charge in [0.2, 0.25) is 11.6 Å². The first-order valence-corrected chi connectivity index (χ1v) is 18.3. The summed E-state index contributed by atoms with van der Waals surface area (Å²) < 4.78 is 45.1. The summed E-state index contributed by atoms with van der Waals surface area (Å²) in [5.74, 6) is 2.21. The van der Waals surface area contributed by atoms with Crippen LogP contribution in [0.1, 0.15) is 62.2 Å². The van der Waals surface area contributed by atoms with Crippen molar-refractivity contribution in [3.63, 3.8) is 0 Å². The number of morpholine rings is 2. The first-order valence-electron chi connectivity index (χ1n) is 16.8. The van der Waals surface area contributed by atoms with Gasteiger partial charge in [-0.05, 0) is 55.0 Å². The van der Waals surface area contributed by atoms with Gasteiger partial charge in [0.15, 0.2) is 0 Å². The maximum Gasteiger partial charge on any atom is 0.306 e. The van der Waals surface area contributed by atoms with Crippen LogP contribution in [0.15, 0.2) is 12.3 Å². The second-order valence-corrected chi connectivity index (χ2v) is 15.0. The van der Waals surface area contributed by atoms with E-state index < -0.39 is 12.1 Å². The third-order valence-corrected chi connectivity index (χ3v) is 8.71. The summed E-state index contributed by atoms with van der Waals surface area (Å²) in [6.45, 7) is 24.3. The van der Waals surface area contributed by atoms with Crippen LogP contribution in [0.5, 0.6) is 11.8 Å². The summed E-state index contributed by atoms with van der Waals surface area (Å²) in [6.07, 6.45) is 0.723. The highest BCUT2D eigenvalue weighted by Crippen LogP contribution is 2.27. The van der Waals surface area contributed by atoms with Crippen molar-refractivity contribution in [2.24, 2.45) is 0 Å². The fourth-order valence-electron chi connectivity index (χ4n) is 4.49. The van der Waals surface area contributed by atoms with Crippen molar-refractivity contribution in [1.29, 1.82) is 0 Å². The van der Waals surface area contributed by atoms with Crippen LogP contribution in [0.3, 0.4) is 0 Å². The number of nitrogens with one attached hydrogen (secondary N) is 1. The average molecular weight is 731 g/mol. The Kier molecular flexibility index (Phi) is 16.7. The molecule has 0 unspecified atom stereocenters. The molecule has 4 heterocycles. The molecule has 2 aromatic rings. The van der Waals surface area contributed by atoms with Crippen LogP contribution in [0.25, 0.3) is 0 Å². The van der Waals surface area contributed by atoms with Gasteiger partial charge in [-0.25, -0.2) is 0 Å². The number of ether oxygens (including phenoxy) is 5. The van der Waals surface area contributed by atoms with E-state index in [9.17, 15) is 4.79 Å². The molecule has 2 aliphatic heterocycles. The Balaban J connectivity index is 0.000000353. The van der Waals surface area contributed by atoms with Crippen molar-refractivity contribution in [3.8, 4) is 11.8 Å². The van der Waals surface area contributed by atoms with Crippen molar-refractivity contribution in [2.75, 3.05) is 95.8 Å². The summed E-state index contributed by atoms with van der Waals surface area (Å²) in [5.41, 5.74) is 0.0618. The minimum atomic E-state index is -0.502. The summed E-state index contributed by atoms with van der Waals surface area (Å²) >= 11 is 2.30. The predicted molar refractivity (Wildman–Crippen MR) is 195 cm³/mol. The number of rotatable bonds is 16. The van der Waals surface area contributed by atoms with Gasteiger partial charge < -0.3 is 48.8 Å². The number of carbonyl (C=O) groups is 1. The monoisotopic (exact) mass is 730 g/mol. The van der Waals surface area contributed by atoms with Gasteiger partial charge in [0.25, 0.3) is 11.8 Å². The van der Waals surface area contributed by atoms with Gasteiger partial charge in [0.1, 0.15) is 12.7 Å². The number of aromatic nitrogens is 4. The van der Waals surface area contributed by atoms with E-state index in [-0.39, 0.29) is 37.7 Å². The molecular formula is C32H58N8O7S2. The zero-order chi connectivity index (χ0) is 35.9. The molecule has 0 aromatic carbocycles. The number of aliphatic hydroxyl groups is 1. The molecule has 49 heavy (non-hydrogen) atoms. The number of anilines is 2. The average Bonchev–Trinajstić information content (AvgIpc) is 3.73. The summed E-state index contributed by atoms with van der Waals surface area (Å²) in [4.78, 5) is 18.6.